The van der Waals surface area contributed by atoms with Gasteiger partial charge in [-0.15, -0.1) is 0 Å². The molecule has 0 aliphatic carbocycles. The maximum absolute atomic E-state index is 12.5. The Kier molecular flexibility index (Phi) is 3.98. The third-order valence-electron chi connectivity index (χ3n) is 4.80. The molecule has 1 unspecified atom stereocenters. The monoisotopic (exact) mass is 327 g/mol. The van der Waals surface area contributed by atoms with Gasteiger partial charge in [0.2, 0.25) is 0 Å². The Balaban J connectivity index is 1.43. The van der Waals surface area contributed by atoms with Crippen LogP contribution in [0.25, 0.3) is 0 Å². The molecule has 2 aromatic rings. The van der Waals surface area contributed by atoms with Crippen LogP contribution in [-0.4, -0.2) is 39.8 Å². The van der Waals surface area contributed by atoms with Crippen molar-refractivity contribution >= 4 is 5.91 Å². The number of amides is 1. The van der Waals surface area contributed by atoms with Gasteiger partial charge in [0.05, 0.1) is 6.04 Å². The summed E-state index contributed by atoms with van der Waals surface area (Å²) in [6.07, 6.45) is 4.28. The van der Waals surface area contributed by atoms with Crippen molar-refractivity contribution in [2.45, 2.75) is 31.8 Å². The number of aryl methyl sites for hydroxylation is 1. The van der Waals surface area contributed by atoms with Crippen molar-refractivity contribution in [2.75, 3.05) is 13.2 Å². The van der Waals surface area contributed by atoms with E-state index in [1.165, 1.54) is 0 Å². The first-order chi connectivity index (χ1) is 11.7. The largest absolute Gasteiger partial charge is 0.491 e. The molecule has 0 spiro atoms. The zero-order valence-electron chi connectivity index (χ0n) is 13.4. The number of aromatic nitrogens is 2. The first-order valence-electron chi connectivity index (χ1n) is 8.41. The molecule has 2 atom stereocenters. The number of para-hydroxylation sites is 1. The number of hydrogen-bond acceptors (Lipinski definition) is 4. The van der Waals surface area contributed by atoms with Crippen LogP contribution in [0.4, 0.5) is 0 Å². The third-order valence-corrected chi connectivity index (χ3v) is 4.80. The summed E-state index contributed by atoms with van der Waals surface area (Å²) in [5.74, 6) is 1.92. The van der Waals surface area contributed by atoms with E-state index in [1.54, 1.807) is 6.20 Å². The number of rotatable bonds is 3. The zero-order valence-corrected chi connectivity index (χ0v) is 13.4. The molecule has 0 radical (unpaired) electrons. The van der Waals surface area contributed by atoms with Crippen LogP contribution < -0.4 is 10.1 Å². The second kappa shape index (κ2) is 6.28. The van der Waals surface area contributed by atoms with E-state index in [4.69, 9.17) is 4.74 Å². The predicted octanol–water partition coefficient (Wildman–Crippen LogP) is 1.17. The maximum atomic E-state index is 12.5. The number of nitrogens with one attached hydrogen (secondary N) is 1. The third kappa shape index (κ3) is 2.89. The van der Waals surface area contributed by atoms with Crippen molar-refractivity contribution in [2.24, 2.45) is 5.92 Å². The number of aliphatic hydroxyl groups is 1. The molecule has 0 bridgehead atoms. The fraction of sp³-hybridized carbons (Fsp3) is 0.444. The van der Waals surface area contributed by atoms with E-state index in [-0.39, 0.29) is 24.5 Å². The van der Waals surface area contributed by atoms with Crippen LogP contribution in [0.15, 0.2) is 30.5 Å². The number of nitrogens with zero attached hydrogens (tertiary/aromatic N) is 2. The van der Waals surface area contributed by atoms with Gasteiger partial charge in [-0.3, -0.25) is 4.79 Å². The minimum absolute atomic E-state index is 0.0451. The Morgan fingerprint density at radius 3 is 3.17 bits per heavy atom. The molecule has 1 amide bonds. The number of hydrogen-bond donors (Lipinski definition) is 2. The normalized spacial score (nSPS) is 22.2. The molecular weight excluding hydrogens is 306 g/mol. The van der Waals surface area contributed by atoms with Gasteiger partial charge in [-0.25, -0.2) is 4.98 Å². The summed E-state index contributed by atoms with van der Waals surface area (Å²) in [7, 11) is 0. The molecule has 2 aliphatic heterocycles. The summed E-state index contributed by atoms with van der Waals surface area (Å²) >= 11 is 0. The van der Waals surface area contributed by atoms with Crippen molar-refractivity contribution in [3.05, 3.63) is 47.5 Å². The van der Waals surface area contributed by atoms with E-state index in [1.807, 2.05) is 28.8 Å². The van der Waals surface area contributed by atoms with Crippen LogP contribution in [0.1, 0.15) is 28.3 Å². The summed E-state index contributed by atoms with van der Waals surface area (Å²) in [6.45, 7) is 1.38. The highest BCUT2D eigenvalue weighted by molar-refractivity contribution is 5.92. The van der Waals surface area contributed by atoms with E-state index in [9.17, 15) is 9.90 Å². The Morgan fingerprint density at radius 1 is 1.42 bits per heavy atom. The second-order valence-corrected chi connectivity index (χ2v) is 6.58. The van der Waals surface area contributed by atoms with E-state index in [0.717, 1.165) is 42.9 Å². The van der Waals surface area contributed by atoms with Crippen molar-refractivity contribution in [3.63, 3.8) is 0 Å². The van der Waals surface area contributed by atoms with E-state index in [0.29, 0.717) is 12.3 Å². The minimum atomic E-state index is -0.162. The lowest BCUT2D eigenvalue weighted by atomic mass is 10.0. The van der Waals surface area contributed by atoms with E-state index >= 15 is 0 Å². The molecule has 2 N–H and O–H groups in total. The first kappa shape index (κ1) is 15.2. The van der Waals surface area contributed by atoms with Gasteiger partial charge < -0.3 is 19.7 Å². The first-order valence-corrected chi connectivity index (χ1v) is 8.41. The van der Waals surface area contributed by atoms with E-state index < -0.39 is 0 Å². The van der Waals surface area contributed by atoms with Gasteiger partial charge in [0, 0.05) is 31.7 Å². The van der Waals surface area contributed by atoms with Gasteiger partial charge in [0.25, 0.3) is 5.91 Å². The van der Waals surface area contributed by atoms with Gasteiger partial charge in [0.15, 0.2) is 0 Å². The Hall–Kier alpha value is -2.34. The number of benzene rings is 1. The van der Waals surface area contributed by atoms with Crippen molar-refractivity contribution in [1.29, 1.82) is 0 Å². The van der Waals surface area contributed by atoms with Gasteiger partial charge in [-0.2, -0.15) is 0 Å². The topological polar surface area (TPSA) is 76.4 Å². The average Bonchev–Trinajstić information content (AvgIpc) is 3.05. The summed E-state index contributed by atoms with van der Waals surface area (Å²) in [6, 6.07) is 7.86. The lowest BCUT2D eigenvalue weighted by molar-refractivity contribution is 0.0910. The summed E-state index contributed by atoms with van der Waals surface area (Å²) < 4.78 is 7.71. The molecule has 0 saturated heterocycles. The van der Waals surface area contributed by atoms with Crippen LogP contribution in [0.5, 0.6) is 5.75 Å². The number of carbonyl (C=O) groups excluding carboxylic acids is 1. The van der Waals surface area contributed by atoms with Crippen molar-refractivity contribution < 1.29 is 14.6 Å². The summed E-state index contributed by atoms with van der Waals surface area (Å²) in [5.41, 5.74) is 1.56. The van der Waals surface area contributed by atoms with Crippen molar-refractivity contribution in [1.82, 2.24) is 14.9 Å². The molecule has 24 heavy (non-hydrogen) atoms. The molecule has 0 saturated carbocycles. The lowest BCUT2D eigenvalue weighted by Gasteiger charge is -2.25. The molecule has 126 valence electrons. The molecule has 1 aromatic carbocycles. The molecule has 2 aliphatic rings. The fourth-order valence-electron chi connectivity index (χ4n) is 3.45. The molecule has 6 heteroatoms. The SMILES string of the molecule is O=C(N[C@H]1COc2ccccc2C1)c1cn2c(n1)CCC(CO)C2. The number of ether oxygens (including phenoxy) is 1. The summed E-state index contributed by atoms with van der Waals surface area (Å²) in [5, 5.41) is 12.3. The standard InChI is InChI=1S/C18H21N3O3/c22-10-12-5-6-17-20-15(9-21(17)8-12)18(23)19-14-7-13-3-1-2-4-16(13)24-11-14/h1-4,9,12,14,22H,5-8,10-11H2,(H,19,23)/t12?,14-/m1/s1. The second-order valence-electron chi connectivity index (χ2n) is 6.58. The highest BCUT2D eigenvalue weighted by Gasteiger charge is 2.25. The molecule has 6 nitrogen and oxygen atoms in total. The lowest BCUT2D eigenvalue weighted by Crippen LogP contribution is -2.42. The molecule has 1 aromatic heterocycles. The number of aliphatic hydroxyl groups excluding tert-OH is 1. The van der Waals surface area contributed by atoms with Gasteiger partial charge in [-0.1, -0.05) is 18.2 Å². The highest BCUT2D eigenvalue weighted by Crippen LogP contribution is 2.24. The number of imidazole rings is 1. The van der Waals surface area contributed by atoms with E-state index in [2.05, 4.69) is 10.3 Å². The van der Waals surface area contributed by atoms with Crippen molar-refractivity contribution in [3.8, 4) is 5.75 Å². The van der Waals surface area contributed by atoms with Crippen LogP contribution in [0, 0.1) is 5.92 Å². The number of carbonyl (C=O) groups is 1. The smallest absolute Gasteiger partial charge is 0.271 e. The highest BCUT2D eigenvalue weighted by atomic mass is 16.5. The molecule has 3 heterocycles. The van der Waals surface area contributed by atoms with Crippen LogP contribution in [0.3, 0.4) is 0 Å². The van der Waals surface area contributed by atoms with Gasteiger partial charge >= 0.3 is 0 Å². The Morgan fingerprint density at radius 2 is 2.29 bits per heavy atom. The summed E-state index contributed by atoms with van der Waals surface area (Å²) in [4.78, 5) is 17.0. The average molecular weight is 327 g/mol. The molecule has 0 fully saturated rings. The van der Waals surface area contributed by atoms with Crippen LogP contribution in [0.2, 0.25) is 0 Å². The molecule has 4 rings (SSSR count). The van der Waals surface area contributed by atoms with Crippen LogP contribution >= 0.6 is 0 Å². The number of fused-ring (bicyclic) bond motifs is 2. The fourth-order valence-corrected chi connectivity index (χ4v) is 3.45. The van der Waals surface area contributed by atoms with Gasteiger partial charge in [0.1, 0.15) is 23.9 Å². The quantitative estimate of drug-likeness (QED) is 0.887. The maximum Gasteiger partial charge on any atom is 0.271 e. The Bertz CT molecular complexity index is 756. The minimum Gasteiger partial charge on any atom is -0.491 e. The van der Waals surface area contributed by atoms with Gasteiger partial charge in [-0.05, 0) is 24.5 Å². The molecular formula is C18H21N3O3. The Labute approximate surface area is 140 Å². The van der Waals surface area contributed by atoms with Crippen LogP contribution in [-0.2, 0) is 19.4 Å². The zero-order chi connectivity index (χ0) is 16.5. The predicted molar refractivity (Wildman–Crippen MR) is 88.0 cm³/mol.